The van der Waals surface area contributed by atoms with Crippen molar-refractivity contribution in [1.82, 2.24) is 4.31 Å². The molecule has 0 spiro atoms. The van der Waals surface area contributed by atoms with Crippen molar-refractivity contribution in [3.05, 3.63) is 16.5 Å². The van der Waals surface area contributed by atoms with E-state index in [1.165, 1.54) is 16.4 Å². The highest BCUT2D eigenvalue weighted by molar-refractivity contribution is 7.93. The molecule has 1 aliphatic carbocycles. The van der Waals surface area contributed by atoms with Crippen molar-refractivity contribution in [1.29, 1.82) is 0 Å². The highest BCUT2D eigenvalue weighted by Crippen LogP contribution is 2.34. The molecular formula is C13H18ClNO4S3. The van der Waals surface area contributed by atoms with Gasteiger partial charge in [-0.05, 0) is 25.0 Å². The van der Waals surface area contributed by atoms with Crippen LogP contribution in [0.3, 0.4) is 0 Å². The van der Waals surface area contributed by atoms with E-state index in [9.17, 15) is 16.8 Å². The fourth-order valence-corrected chi connectivity index (χ4v) is 8.70. The number of hydrogen-bond acceptors (Lipinski definition) is 5. The maximum Gasteiger partial charge on any atom is 0.252 e. The monoisotopic (exact) mass is 383 g/mol. The molecule has 2 heterocycles. The molecule has 124 valence electrons. The number of halogens is 1. The molecule has 22 heavy (non-hydrogen) atoms. The number of sulfone groups is 1. The summed E-state index contributed by atoms with van der Waals surface area (Å²) in [7, 11) is -6.83. The SMILES string of the molecule is O=S(=O)(C1CCCCC1)C1CN(S(=O)(=O)c2ccc(Cl)s2)C1. The zero-order valence-electron chi connectivity index (χ0n) is 11.9. The fourth-order valence-electron chi connectivity index (χ4n) is 3.03. The van der Waals surface area contributed by atoms with Gasteiger partial charge in [0.1, 0.15) is 4.21 Å². The Morgan fingerprint density at radius 2 is 1.64 bits per heavy atom. The summed E-state index contributed by atoms with van der Waals surface area (Å²) < 4.78 is 51.6. The summed E-state index contributed by atoms with van der Waals surface area (Å²) in [5.41, 5.74) is 0. The van der Waals surface area contributed by atoms with Gasteiger partial charge in [-0.1, -0.05) is 30.9 Å². The lowest BCUT2D eigenvalue weighted by Crippen LogP contribution is -2.58. The lowest BCUT2D eigenvalue weighted by Gasteiger charge is -2.39. The first-order chi connectivity index (χ1) is 10.3. The molecule has 0 atom stereocenters. The Balaban J connectivity index is 1.69. The van der Waals surface area contributed by atoms with Crippen molar-refractivity contribution in [3.8, 4) is 0 Å². The van der Waals surface area contributed by atoms with Crippen molar-refractivity contribution in [2.75, 3.05) is 13.1 Å². The molecule has 0 aromatic carbocycles. The molecule has 0 unspecified atom stereocenters. The third-order valence-electron chi connectivity index (χ3n) is 4.44. The van der Waals surface area contributed by atoms with Gasteiger partial charge >= 0.3 is 0 Å². The molecule has 1 saturated heterocycles. The molecule has 9 heteroatoms. The molecule has 0 N–H and O–H groups in total. The van der Waals surface area contributed by atoms with Gasteiger partial charge in [-0.3, -0.25) is 0 Å². The van der Waals surface area contributed by atoms with Crippen LogP contribution < -0.4 is 0 Å². The largest absolute Gasteiger partial charge is 0.252 e. The fraction of sp³-hybridized carbons (Fsp3) is 0.692. The number of thiophene rings is 1. The van der Waals surface area contributed by atoms with E-state index in [-0.39, 0.29) is 22.5 Å². The highest BCUT2D eigenvalue weighted by atomic mass is 35.5. The molecule has 0 bridgehead atoms. The average Bonchev–Trinajstić information content (AvgIpc) is 2.85. The van der Waals surface area contributed by atoms with Crippen molar-refractivity contribution in [2.24, 2.45) is 0 Å². The Morgan fingerprint density at radius 1 is 1.00 bits per heavy atom. The molecule has 0 amide bonds. The van der Waals surface area contributed by atoms with Gasteiger partial charge < -0.3 is 0 Å². The molecule has 0 radical (unpaired) electrons. The van der Waals surface area contributed by atoms with Gasteiger partial charge in [0.05, 0.1) is 14.8 Å². The van der Waals surface area contributed by atoms with Gasteiger partial charge in [0.15, 0.2) is 9.84 Å². The minimum absolute atomic E-state index is 0.0662. The van der Waals surface area contributed by atoms with Crippen molar-refractivity contribution in [3.63, 3.8) is 0 Å². The van der Waals surface area contributed by atoms with Crippen LogP contribution in [0.4, 0.5) is 0 Å². The number of sulfonamides is 1. The second-order valence-corrected chi connectivity index (χ2v) is 12.2. The molecule has 1 aliphatic heterocycles. The maximum absolute atomic E-state index is 12.5. The van der Waals surface area contributed by atoms with Crippen molar-refractivity contribution >= 4 is 42.8 Å². The molecule has 2 aliphatic rings. The van der Waals surface area contributed by atoms with Crippen LogP contribution in [0.25, 0.3) is 0 Å². The van der Waals surface area contributed by atoms with Crippen LogP contribution in [0.15, 0.2) is 16.3 Å². The van der Waals surface area contributed by atoms with Crippen LogP contribution in [0.2, 0.25) is 4.34 Å². The maximum atomic E-state index is 12.5. The predicted octanol–water partition coefficient (Wildman–Crippen LogP) is 2.52. The molecular weight excluding hydrogens is 366 g/mol. The van der Waals surface area contributed by atoms with E-state index in [4.69, 9.17) is 11.6 Å². The minimum Gasteiger partial charge on any atom is -0.228 e. The molecule has 1 saturated carbocycles. The highest BCUT2D eigenvalue weighted by Gasteiger charge is 2.46. The van der Waals surface area contributed by atoms with E-state index in [0.717, 1.165) is 30.6 Å². The Hall–Kier alpha value is -0.150. The minimum atomic E-state index is -3.60. The zero-order valence-corrected chi connectivity index (χ0v) is 15.1. The summed E-state index contributed by atoms with van der Waals surface area (Å²) in [6.07, 6.45) is 4.42. The lowest BCUT2D eigenvalue weighted by atomic mass is 10.0. The summed E-state index contributed by atoms with van der Waals surface area (Å²) in [5.74, 6) is 0. The van der Waals surface area contributed by atoms with E-state index in [1.54, 1.807) is 0 Å². The molecule has 3 rings (SSSR count). The third kappa shape index (κ3) is 2.96. The van der Waals surface area contributed by atoms with Gasteiger partial charge in [0, 0.05) is 13.1 Å². The van der Waals surface area contributed by atoms with Crippen LogP contribution in [-0.4, -0.2) is 44.7 Å². The Morgan fingerprint density at radius 3 is 2.18 bits per heavy atom. The van der Waals surface area contributed by atoms with Crippen molar-refractivity contribution < 1.29 is 16.8 Å². The van der Waals surface area contributed by atoms with Crippen molar-refractivity contribution in [2.45, 2.75) is 46.8 Å². The number of nitrogens with zero attached hydrogens (tertiary/aromatic N) is 1. The van der Waals surface area contributed by atoms with Gasteiger partial charge in [0.25, 0.3) is 10.0 Å². The van der Waals surface area contributed by atoms with E-state index in [0.29, 0.717) is 17.2 Å². The summed E-state index contributed by atoms with van der Waals surface area (Å²) in [4.78, 5) is 0. The predicted molar refractivity (Wildman–Crippen MR) is 87.7 cm³/mol. The van der Waals surface area contributed by atoms with Crippen LogP contribution >= 0.6 is 22.9 Å². The van der Waals surface area contributed by atoms with Gasteiger partial charge in [0.2, 0.25) is 0 Å². The van der Waals surface area contributed by atoms with Crippen LogP contribution in [-0.2, 0) is 19.9 Å². The number of rotatable bonds is 4. The first-order valence-electron chi connectivity index (χ1n) is 7.30. The molecule has 2 fully saturated rings. The standard InChI is InChI=1S/C13H18ClNO4S3/c14-12-6-7-13(20-12)22(18,19)15-8-11(9-15)21(16,17)10-4-2-1-3-5-10/h6-7,10-11H,1-5,8-9H2. The second kappa shape index (κ2) is 6.05. The van der Waals surface area contributed by atoms with Crippen LogP contribution in [0.5, 0.6) is 0 Å². The summed E-state index contributed by atoms with van der Waals surface area (Å²) in [6.45, 7) is 0.132. The zero-order chi connectivity index (χ0) is 16.0. The first kappa shape index (κ1) is 16.7. The van der Waals surface area contributed by atoms with Gasteiger partial charge in [-0.15, -0.1) is 11.3 Å². The topological polar surface area (TPSA) is 71.5 Å². The normalized spacial score (nSPS) is 22.6. The smallest absolute Gasteiger partial charge is 0.228 e. The molecule has 1 aromatic rings. The molecule has 5 nitrogen and oxygen atoms in total. The Kier molecular flexibility index (Phi) is 4.59. The summed E-state index contributed by atoms with van der Waals surface area (Å²) in [5, 5.41) is -0.840. The quantitative estimate of drug-likeness (QED) is 0.800. The number of hydrogen-bond donors (Lipinski definition) is 0. The Bertz CT molecular complexity index is 744. The Labute approximate surface area is 140 Å². The summed E-state index contributed by atoms with van der Waals surface area (Å²) in [6, 6.07) is 3.00. The van der Waals surface area contributed by atoms with E-state index in [2.05, 4.69) is 0 Å². The first-order valence-corrected chi connectivity index (χ1v) is 11.5. The van der Waals surface area contributed by atoms with Crippen LogP contribution in [0.1, 0.15) is 32.1 Å². The summed E-state index contributed by atoms with van der Waals surface area (Å²) >= 11 is 6.77. The van der Waals surface area contributed by atoms with Gasteiger partial charge in [-0.2, -0.15) is 4.31 Å². The second-order valence-electron chi connectivity index (χ2n) is 5.85. The van der Waals surface area contributed by atoms with E-state index < -0.39 is 25.1 Å². The van der Waals surface area contributed by atoms with Gasteiger partial charge in [-0.25, -0.2) is 16.8 Å². The third-order valence-corrected chi connectivity index (χ3v) is 10.6. The molecule has 1 aromatic heterocycles. The van der Waals surface area contributed by atoms with E-state index >= 15 is 0 Å². The van der Waals surface area contributed by atoms with E-state index in [1.807, 2.05) is 0 Å². The van der Waals surface area contributed by atoms with Crippen LogP contribution in [0, 0.1) is 0 Å². The lowest BCUT2D eigenvalue weighted by molar-refractivity contribution is 0.307. The average molecular weight is 384 g/mol.